The van der Waals surface area contributed by atoms with Crippen molar-refractivity contribution in [3.63, 3.8) is 0 Å². The fourth-order valence-electron chi connectivity index (χ4n) is 1.84. The largest absolute Gasteiger partial charge is 0.481 e. The number of amides is 1. The number of carbonyl (C=O) groups excluding carboxylic acids is 1. The standard InChI is InChI=1S/C14H18ClNO3/c1-9-10(15)5-4-6-11(9)16-12(17)7-14(2,3)8-13(18)19/h4-6H,7-8H2,1-3H3,(H,16,17)(H,18,19). The molecule has 5 heteroatoms. The first-order valence-corrected chi connectivity index (χ1v) is 6.36. The Hall–Kier alpha value is -1.55. The maximum atomic E-state index is 11.9. The van der Waals surface area contributed by atoms with E-state index in [4.69, 9.17) is 16.7 Å². The molecule has 0 saturated heterocycles. The minimum absolute atomic E-state index is 0.0467. The summed E-state index contributed by atoms with van der Waals surface area (Å²) < 4.78 is 0. The van der Waals surface area contributed by atoms with Crippen molar-refractivity contribution in [1.82, 2.24) is 0 Å². The van der Waals surface area contributed by atoms with Crippen LogP contribution < -0.4 is 5.32 Å². The molecule has 4 nitrogen and oxygen atoms in total. The lowest BCUT2D eigenvalue weighted by Crippen LogP contribution is -2.25. The Kier molecular flexibility index (Phi) is 4.95. The van der Waals surface area contributed by atoms with Crippen LogP contribution in [0.3, 0.4) is 0 Å². The Morgan fingerprint density at radius 1 is 1.32 bits per heavy atom. The van der Waals surface area contributed by atoms with E-state index in [0.29, 0.717) is 10.7 Å². The summed E-state index contributed by atoms with van der Waals surface area (Å²) in [6, 6.07) is 5.28. The normalized spacial score (nSPS) is 11.2. The molecule has 19 heavy (non-hydrogen) atoms. The molecule has 0 bridgehead atoms. The summed E-state index contributed by atoms with van der Waals surface area (Å²) in [5.74, 6) is -1.12. The van der Waals surface area contributed by atoms with E-state index in [1.165, 1.54) is 0 Å². The van der Waals surface area contributed by atoms with Crippen molar-refractivity contribution >= 4 is 29.2 Å². The molecule has 0 heterocycles. The Balaban J connectivity index is 2.70. The molecule has 0 aliphatic carbocycles. The van der Waals surface area contributed by atoms with Gasteiger partial charge in [-0.15, -0.1) is 0 Å². The third-order valence-electron chi connectivity index (χ3n) is 2.81. The minimum Gasteiger partial charge on any atom is -0.481 e. The summed E-state index contributed by atoms with van der Waals surface area (Å²) in [7, 11) is 0. The van der Waals surface area contributed by atoms with Gasteiger partial charge in [-0.05, 0) is 30.0 Å². The average molecular weight is 284 g/mol. The molecule has 0 aromatic heterocycles. The van der Waals surface area contributed by atoms with Crippen LogP contribution in [-0.2, 0) is 9.59 Å². The molecule has 0 fully saturated rings. The first-order chi connectivity index (χ1) is 8.71. The quantitative estimate of drug-likeness (QED) is 0.869. The first kappa shape index (κ1) is 15.5. The lowest BCUT2D eigenvalue weighted by atomic mass is 9.85. The molecule has 0 aliphatic heterocycles. The minimum atomic E-state index is -0.906. The SMILES string of the molecule is Cc1c(Cl)cccc1NC(=O)CC(C)(C)CC(=O)O. The van der Waals surface area contributed by atoms with E-state index in [0.717, 1.165) is 5.56 Å². The fourth-order valence-corrected chi connectivity index (χ4v) is 2.02. The number of hydrogen-bond donors (Lipinski definition) is 2. The summed E-state index contributed by atoms with van der Waals surface area (Å²) in [6.07, 6.45) is 0.0974. The van der Waals surface area contributed by atoms with Gasteiger partial charge >= 0.3 is 5.97 Å². The van der Waals surface area contributed by atoms with Gasteiger partial charge in [0.2, 0.25) is 5.91 Å². The molecule has 1 aromatic carbocycles. The van der Waals surface area contributed by atoms with Gasteiger partial charge in [-0.2, -0.15) is 0 Å². The van der Waals surface area contributed by atoms with Gasteiger partial charge in [0, 0.05) is 17.1 Å². The Morgan fingerprint density at radius 2 is 1.95 bits per heavy atom. The third-order valence-corrected chi connectivity index (χ3v) is 3.22. The molecular weight excluding hydrogens is 266 g/mol. The Bertz CT molecular complexity index is 497. The number of carbonyl (C=O) groups is 2. The van der Waals surface area contributed by atoms with Crippen LogP contribution in [0.2, 0.25) is 5.02 Å². The summed E-state index contributed by atoms with van der Waals surface area (Å²) in [4.78, 5) is 22.6. The second-order valence-electron chi connectivity index (χ2n) is 5.37. The molecule has 1 rings (SSSR count). The van der Waals surface area contributed by atoms with E-state index in [2.05, 4.69) is 5.32 Å². The van der Waals surface area contributed by atoms with E-state index < -0.39 is 11.4 Å². The van der Waals surface area contributed by atoms with Crippen molar-refractivity contribution < 1.29 is 14.7 Å². The summed E-state index contributed by atoms with van der Waals surface area (Å²) in [6.45, 7) is 5.33. The molecule has 1 aromatic rings. The second kappa shape index (κ2) is 6.06. The molecule has 0 atom stereocenters. The maximum Gasteiger partial charge on any atom is 0.303 e. The van der Waals surface area contributed by atoms with Crippen LogP contribution >= 0.6 is 11.6 Å². The Labute approximate surface area is 117 Å². The second-order valence-corrected chi connectivity index (χ2v) is 5.78. The number of rotatable bonds is 5. The van der Waals surface area contributed by atoms with Gasteiger partial charge in [-0.25, -0.2) is 0 Å². The number of aliphatic carboxylic acids is 1. The zero-order valence-electron chi connectivity index (χ0n) is 11.3. The van der Waals surface area contributed by atoms with Gasteiger partial charge in [0.1, 0.15) is 0 Å². The number of halogens is 1. The van der Waals surface area contributed by atoms with E-state index in [1.54, 1.807) is 32.0 Å². The highest BCUT2D eigenvalue weighted by Crippen LogP contribution is 2.27. The number of anilines is 1. The Morgan fingerprint density at radius 3 is 2.53 bits per heavy atom. The maximum absolute atomic E-state index is 11.9. The highest BCUT2D eigenvalue weighted by atomic mass is 35.5. The highest BCUT2D eigenvalue weighted by molar-refractivity contribution is 6.31. The first-order valence-electron chi connectivity index (χ1n) is 5.98. The van der Waals surface area contributed by atoms with Gasteiger partial charge in [-0.3, -0.25) is 9.59 Å². The number of hydrogen-bond acceptors (Lipinski definition) is 2. The van der Waals surface area contributed by atoms with E-state index in [9.17, 15) is 9.59 Å². The zero-order chi connectivity index (χ0) is 14.6. The topological polar surface area (TPSA) is 66.4 Å². The van der Waals surface area contributed by atoms with E-state index >= 15 is 0 Å². The molecule has 0 unspecified atom stereocenters. The number of carboxylic acids is 1. The van der Waals surface area contributed by atoms with Crippen LogP contribution in [0.1, 0.15) is 32.3 Å². The van der Waals surface area contributed by atoms with Crippen molar-refractivity contribution in [2.75, 3.05) is 5.32 Å². The van der Waals surface area contributed by atoms with Crippen LogP contribution in [0.5, 0.6) is 0 Å². The summed E-state index contributed by atoms with van der Waals surface area (Å²) in [5, 5.41) is 12.1. The molecule has 0 saturated carbocycles. The van der Waals surface area contributed by atoms with Crippen molar-refractivity contribution in [3.05, 3.63) is 28.8 Å². The van der Waals surface area contributed by atoms with Crippen molar-refractivity contribution in [2.24, 2.45) is 5.41 Å². The number of benzene rings is 1. The molecule has 0 aliphatic rings. The number of carboxylic acid groups (broad SMARTS) is 1. The van der Waals surface area contributed by atoms with Crippen LogP contribution in [0.25, 0.3) is 0 Å². The van der Waals surface area contributed by atoms with Gasteiger partial charge in [0.05, 0.1) is 6.42 Å². The molecule has 104 valence electrons. The molecule has 0 spiro atoms. The van der Waals surface area contributed by atoms with Gasteiger partial charge < -0.3 is 10.4 Å². The summed E-state index contributed by atoms with van der Waals surface area (Å²) >= 11 is 5.97. The van der Waals surface area contributed by atoms with Crippen LogP contribution in [0, 0.1) is 12.3 Å². The molecule has 0 radical (unpaired) electrons. The fraction of sp³-hybridized carbons (Fsp3) is 0.429. The molecule has 1 amide bonds. The van der Waals surface area contributed by atoms with Crippen LogP contribution in [0.15, 0.2) is 18.2 Å². The van der Waals surface area contributed by atoms with Gasteiger partial charge in [0.15, 0.2) is 0 Å². The van der Waals surface area contributed by atoms with Crippen molar-refractivity contribution in [3.8, 4) is 0 Å². The summed E-state index contributed by atoms with van der Waals surface area (Å²) in [5.41, 5.74) is 0.875. The zero-order valence-corrected chi connectivity index (χ0v) is 12.0. The van der Waals surface area contributed by atoms with Crippen LogP contribution in [-0.4, -0.2) is 17.0 Å². The monoisotopic (exact) mass is 283 g/mol. The average Bonchev–Trinajstić information content (AvgIpc) is 2.21. The van der Waals surface area contributed by atoms with Crippen molar-refractivity contribution in [2.45, 2.75) is 33.6 Å². The predicted octanol–water partition coefficient (Wildman–Crippen LogP) is 3.48. The van der Waals surface area contributed by atoms with Gasteiger partial charge in [-0.1, -0.05) is 31.5 Å². The van der Waals surface area contributed by atoms with Crippen molar-refractivity contribution in [1.29, 1.82) is 0 Å². The lowest BCUT2D eigenvalue weighted by Gasteiger charge is -2.21. The third kappa shape index (κ3) is 4.91. The highest BCUT2D eigenvalue weighted by Gasteiger charge is 2.25. The smallest absolute Gasteiger partial charge is 0.303 e. The lowest BCUT2D eigenvalue weighted by molar-refractivity contribution is -0.139. The predicted molar refractivity (Wildman–Crippen MR) is 75.5 cm³/mol. The molecular formula is C14H18ClNO3. The molecule has 2 N–H and O–H groups in total. The van der Waals surface area contributed by atoms with E-state index in [-0.39, 0.29) is 18.7 Å². The van der Waals surface area contributed by atoms with E-state index in [1.807, 2.05) is 6.92 Å². The van der Waals surface area contributed by atoms with Gasteiger partial charge in [0.25, 0.3) is 0 Å². The number of nitrogens with one attached hydrogen (secondary N) is 1. The van der Waals surface area contributed by atoms with Crippen LogP contribution in [0.4, 0.5) is 5.69 Å².